The van der Waals surface area contributed by atoms with Gasteiger partial charge in [-0.15, -0.1) is 0 Å². The molecule has 1 aliphatic rings. The average molecular weight is 482 g/mol. The van der Waals surface area contributed by atoms with Gasteiger partial charge in [-0.25, -0.2) is 12.4 Å². The monoisotopic (exact) mass is 481 g/mol. The van der Waals surface area contributed by atoms with Crippen molar-refractivity contribution in [3.05, 3.63) is 78.4 Å². The molecular formula is C25H23NO7S. The highest BCUT2D eigenvalue weighted by Gasteiger charge is 2.44. The van der Waals surface area contributed by atoms with Crippen LogP contribution in [0.15, 0.2) is 77.7 Å². The summed E-state index contributed by atoms with van der Waals surface area (Å²) in [5.41, 5.74) is 1.45. The lowest BCUT2D eigenvalue weighted by Gasteiger charge is -2.17. The lowest BCUT2D eigenvalue weighted by atomic mass is 9.97. The van der Waals surface area contributed by atoms with E-state index < -0.39 is 40.4 Å². The van der Waals surface area contributed by atoms with Crippen LogP contribution in [-0.2, 0) is 24.3 Å². The van der Waals surface area contributed by atoms with E-state index in [1.54, 1.807) is 60.7 Å². The molecule has 0 aliphatic carbocycles. The van der Waals surface area contributed by atoms with Crippen molar-refractivity contribution < 1.29 is 32.9 Å². The Morgan fingerprint density at radius 2 is 1.62 bits per heavy atom. The number of carbonyl (C=O) groups is 1. The number of fused-ring (bicyclic) bond motifs is 3. The Morgan fingerprint density at radius 3 is 2.35 bits per heavy atom. The Labute approximate surface area is 196 Å². The van der Waals surface area contributed by atoms with E-state index in [1.165, 1.54) is 10.9 Å². The summed E-state index contributed by atoms with van der Waals surface area (Å²) in [5.74, 6) is -0.523. The van der Waals surface area contributed by atoms with Crippen LogP contribution < -0.4 is 0 Å². The molecule has 2 N–H and O–H groups in total. The highest BCUT2D eigenvalue weighted by atomic mass is 32.2. The quantitative estimate of drug-likeness (QED) is 0.421. The molecule has 3 aromatic carbocycles. The topological polar surface area (TPSA) is 115 Å². The predicted molar refractivity (Wildman–Crippen MR) is 125 cm³/mol. The number of para-hydroxylation sites is 1. The van der Waals surface area contributed by atoms with Crippen molar-refractivity contribution in [2.75, 3.05) is 6.61 Å². The average Bonchev–Trinajstić information content (AvgIpc) is 3.33. The lowest BCUT2D eigenvalue weighted by Crippen LogP contribution is -2.33. The molecule has 1 saturated heterocycles. The van der Waals surface area contributed by atoms with Crippen molar-refractivity contribution >= 4 is 37.8 Å². The maximum Gasteiger partial charge on any atom is 0.302 e. The zero-order valence-electron chi connectivity index (χ0n) is 18.2. The minimum absolute atomic E-state index is 0.150. The number of hydrogen-bond acceptors (Lipinski definition) is 7. The zero-order valence-corrected chi connectivity index (χ0v) is 19.1. The molecule has 5 rings (SSSR count). The summed E-state index contributed by atoms with van der Waals surface area (Å²) in [5, 5.41) is 22.6. The van der Waals surface area contributed by atoms with Crippen LogP contribution in [0.1, 0.15) is 18.6 Å². The molecule has 0 bridgehead atoms. The van der Waals surface area contributed by atoms with Crippen molar-refractivity contribution in [3.63, 3.8) is 0 Å². The van der Waals surface area contributed by atoms with E-state index >= 15 is 0 Å². The highest BCUT2D eigenvalue weighted by molar-refractivity contribution is 7.90. The molecule has 0 saturated carbocycles. The van der Waals surface area contributed by atoms with E-state index in [4.69, 9.17) is 9.47 Å². The summed E-state index contributed by atoms with van der Waals surface area (Å²) >= 11 is 0. The van der Waals surface area contributed by atoms with Crippen molar-refractivity contribution in [1.29, 1.82) is 0 Å². The molecule has 1 aliphatic heterocycles. The Bertz CT molecular complexity index is 1480. The smallest absolute Gasteiger partial charge is 0.302 e. The number of nitrogens with zero attached hydrogens (tertiary/aromatic N) is 1. The zero-order chi connectivity index (χ0) is 24.0. The van der Waals surface area contributed by atoms with Crippen LogP contribution in [-0.4, -0.2) is 53.5 Å². The molecule has 2 heterocycles. The summed E-state index contributed by atoms with van der Waals surface area (Å²) in [4.78, 5) is 11.3. The van der Waals surface area contributed by atoms with Gasteiger partial charge in [0.1, 0.15) is 31.0 Å². The number of aliphatic hydroxyl groups excluding tert-OH is 2. The number of esters is 1. The second-order valence-electron chi connectivity index (χ2n) is 8.22. The van der Waals surface area contributed by atoms with Crippen molar-refractivity contribution in [2.24, 2.45) is 0 Å². The molecule has 0 radical (unpaired) electrons. The summed E-state index contributed by atoms with van der Waals surface area (Å²) in [6, 6.07) is 20.4. The fourth-order valence-electron chi connectivity index (χ4n) is 4.55. The van der Waals surface area contributed by atoms with Gasteiger partial charge >= 0.3 is 5.97 Å². The third-order valence-corrected chi connectivity index (χ3v) is 7.83. The molecule has 9 heteroatoms. The standard InChI is InChI=1S/C25H23NO7S/c1-15(27)32-14-21-23(28)24(29)25(33-21)18-11-7-13-20-22(18)17-10-5-6-12-19(17)26(20)34(30,31)16-8-3-2-4-9-16/h2-13,21,23-25,28-29H,14H2,1H3/t21-,23-,24-,25+/m1/s1. The number of benzene rings is 3. The number of ether oxygens (including phenoxy) is 2. The molecule has 1 aromatic heterocycles. The molecule has 34 heavy (non-hydrogen) atoms. The van der Waals surface area contributed by atoms with E-state index in [0.29, 0.717) is 27.4 Å². The first-order valence-electron chi connectivity index (χ1n) is 10.8. The van der Waals surface area contributed by atoms with E-state index in [9.17, 15) is 23.4 Å². The fraction of sp³-hybridized carbons (Fsp3) is 0.240. The number of rotatable bonds is 5. The van der Waals surface area contributed by atoms with Gasteiger partial charge in [0, 0.05) is 17.7 Å². The van der Waals surface area contributed by atoms with E-state index in [1.807, 2.05) is 12.1 Å². The van der Waals surface area contributed by atoms with Crippen LogP contribution in [0.25, 0.3) is 21.8 Å². The predicted octanol–water partition coefficient (Wildman–Crippen LogP) is 2.76. The van der Waals surface area contributed by atoms with Gasteiger partial charge in [0.05, 0.1) is 15.9 Å². The van der Waals surface area contributed by atoms with E-state index in [0.717, 1.165) is 0 Å². The normalized spacial score (nSPS) is 22.9. The number of hydrogen-bond donors (Lipinski definition) is 2. The molecule has 0 unspecified atom stereocenters. The minimum atomic E-state index is -3.94. The number of aromatic nitrogens is 1. The molecule has 176 valence electrons. The molecule has 8 nitrogen and oxygen atoms in total. The lowest BCUT2D eigenvalue weighted by molar-refractivity contribution is -0.146. The van der Waals surface area contributed by atoms with Gasteiger partial charge in [-0.3, -0.25) is 4.79 Å². The first-order chi connectivity index (χ1) is 16.3. The third kappa shape index (κ3) is 3.57. The van der Waals surface area contributed by atoms with Crippen LogP contribution in [0.3, 0.4) is 0 Å². The van der Waals surface area contributed by atoms with Gasteiger partial charge < -0.3 is 19.7 Å². The first-order valence-corrected chi connectivity index (χ1v) is 12.2. The van der Waals surface area contributed by atoms with Crippen LogP contribution in [0.4, 0.5) is 0 Å². The molecule has 4 atom stereocenters. The SMILES string of the molecule is CC(=O)OC[C@H]1O[C@@H](c2cccc3c2c2ccccc2n3S(=O)(=O)c2ccccc2)[C@H](O)[C@@H]1O. The second-order valence-corrected chi connectivity index (χ2v) is 10.0. The maximum absolute atomic E-state index is 13.7. The largest absolute Gasteiger partial charge is 0.463 e. The Kier molecular flexibility index (Phi) is 5.65. The highest BCUT2D eigenvalue weighted by Crippen LogP contribution is 2.41. The molecule has 4 aromatic rings. The van der Waals surface area contributed by atoms with E-state index in [-0.39, 0.29) is 11.5 Å². The van der Waals surface area contributed by atoms with Crippen LogP contribution in [0, 0.1) is 0 Å². The molecule has 0 spiro atoms. The summed E-state index contributed by atoms with van der Waals surface area (Å²) < 4.78 is 39.5. The van der Waals surface area contributed by atoms with Crippen molar-refractivity contribution in [1.82, 2.24) is 3.97 Å². The fourth-order valence-corrected chi connectivity index (χ4v) is 6.09. The number of carbonyl (C=O) groups excluding carboxylic acids is 1. The summed E-state index contributed by atoms with van der Waals surface area (Å²) in [7, 11) is -3.94. The number of aliphatic hydroxyl groups is 2. The molecular weight excluding hydrogens is 458 g/mol. The summed E-state index contributed by atoms with van der Waals surface area (Å²) in [6.45, 7) is 1.04. The van der Waals surface area contributed by atoms with Crippen molar-refractivity contribution in [3.8, 4) is 0 Å². The second kappa shape index (κ2) is 8.52. The first kappa shape index (κ1) is 22.5. The maximum atomic E-state index is 13.7. The minimum Gasteiger partial charge on any atom is -0.463 e. The summed E-state index contributed by atoms with van der Waals surface area (Å²) in [6.07, 6.45) is -4.43. The Balaban J connectivity index is 1.70. The van der Waals surface area contributed by atoms with Gasteiger partial charge in [0.2, 0.25) is 0 Å². The molecule has 0 amide bonds. The van der Waals surface area contributed by atoms with Crippen LogP contribution in [0.2, 0.25) is 0 Å². The van der Waals surface area contributed by atoms with Gasteiger partial charge in [-0.05, 0) is 29.8 Å². The van der Waals surface area contributed by atoms with Gasteiger partial charge in [-0.1, -0.05) is 48.5 Å². The Hall–Kier alpha value is -3.24. The van der Waals surface area contributed by atoms with E-state index in [2.05, 4.69) is 0 Å². The third-order valence-electron chi connectivity index (χ3n) is 6.09. The van der Waals surface area contributed by atoms with Crippen LogP contribution >= 0.6 is 0 Å². The van der Waals surface area contributed by atoms with Gasteiger partial charge in [0.15, 0.2) is 0 Å². The van der Waals surface area contributed by atoms with Gasteiger partial charge in [0.25, 0.3) is 10.0 Å². The van der Waals surface area contributed by atoms with Gasteiger partial charge in [-0.2, -0.15) is 0 Å². The van der Waals surface area contributed by atoms with Crippen LogP contribution in [0.5, 0.6) is 0 Å². The Morgan fingerprint density at radius 1 is 0.941 bits per heavy atom. The molecule has 1 fully saturated rings. The van der Waals surface area contributed by atoms with Crippen molar-refractivity contribution in [2.45, 2.75) is 36.2 Å².